The van der Waals surface area contributed by atoms with Crippen molar-refractivity contribution in [2.75, 3.05) is 6.54 Å². The van der Waals surface area contributed by atoms with E-state index in [1.165, 1.54) is 0 Å². The van der Waals surface area contributed by atoms with Gasteiger partial charge in [0.15, 0.2) is 0 Å². The molecule has 1 fully saturated rings. The monoisotopic (exact) mass is 256 g/mol. The summed E-state index contributed by atoms with van der Waals surface area (Å²) in [5.74, 6) is -1.31. The Labute approximate surface area is 108 Å². The van der Waals surface area contributed by atoms with Crippen molar-refractivity contribution in [1.82, 2.24) is 10.6 Å². The molecular weight excluding hydrogens is 232 g/mol. The predicted octanol–water partition coefficient (Wildman–Crippen LogP) is 0.990. The number of hydrogen-bond acceptors (Lipinski definition) is 3. The third kappa shape index (κ3) is 3.45. The van der Waals surface area contributed by atoms with Crippen molar-refractivity contribution in [3.63, 3.8) is 0 Å². The van der Waals surface area contributed by atoms with Gasteiger partial charge < -0.3 is 15.7 Å². The second kappa shape index (κ2) is 5.69. The normalized spacial score (nSPS) is 24.6. The summed E-state index contributed by atoms with van der Waals surface area (Å²) in [6.07, 6.45) is 2.01. The highest BCUT2D eigenvalue weighted by molar-refractivity contribution is 5.87. The maximum atomic E-state index is 12.2. The Hall–Kier alpha value is -1.10. The van der Waals surface area contributed by atoms with Crippen molar-refractivity contribution < 1.29 is 14.7 Å². The van der Waals surface area contributed by atoms with Gasteiger partial charge in [-0.1, -0.05) is 27.7 Å². The van der Waals surface area contributed by atoms with E-state index >= 15 is 0 Å². The Bertz CT molecular complexity index is 326. The lowest BCUT2D eigenvalue weighted by molar-refractivity contribution is -0.144. The Kier molecular flexibility index (Phi) is 4.73. The minimum Gasteiger partial charge on any atom is -0.480 e. The first kappa shape index (κ1) is 15.0. The number of carboxylic acid groups (broad SMARTS) is 1. The van der Waals surface area contributed by atoms with Crippen LogP contribution in [-0.4, -0.2) is 35.6 Å². The molecule has 0 aromatic rings. The highest BCUT2D eigenvalue weighted by Crippen LogP contribution is 2.30. The second-order valence-corrected chi connectivity index (χ2v) is 6.05. The van der Waals surface area contributed by atoms with Gasteiger partial charge in [0.25, 0.3) is 0 Å². The first-order valence-electron chi connectivity index (χ1n) is 6.52. The Morgan fingerprint density at radius 1 is 1.39 bits per heavy atom. The van der Waals surface area contributed by atoms with Gasteiger partial charge in [-0.3, -0.25) is 4.79 Å². The van der Waals surface area contributed by atoms with Crippen LogP contribution in [0, 0.1) is 11.3 Å². The van der Waals surface area contributed by atoms with Crippen LogP contribution in [0.25, 0.3) is 0 Å². The molecular formula is C13H24N2O3. The minimum atomic E-state index is -0.980. The summed E-state index contributed by atoms with van der Waals surface area (Å²) >= 11 is 0. The summed E-state index contributed by atoms with van der Waals surface area (Å²) in [6.45, 7) is 8.46. The van der Waals surface area contributed by atoms with Crippen molar-refractivity contribution in [1.29, 1.82) is 0 Å². The molecule has 18 heavy (non-hydrogen) atoms. The topological polar surface area (TPSA) is 78.4 Å². The van der Waals surface area contributed by atoms with Crippen LogP contribution in [0.2, 0.25) is 0 Å². The van der Waals surface area contributed by atoms with Crippen molar-refractivity contribution in [3.8, 4) is 0 Å². The molecule has 0 radical (unpaired) electrons. The van der Waals surface area contributed by atoms with Gasteiger partial charge in [0.2, 0.25) is 5.91 Å². The van der Waals surface area contributed by atoms with E-state index in [2.05, 4.69) is 10.6 Å². The summed E-state index contributed by atoms with van der Waals surface area (Å²) < 4.78 is 0. The minimum absolute atomic E-state index is 0.127. The highest BCUT2D eigenvalue weighted by Gasteiger charge is 2.38. The zero-order valence-electron chi connectivity index (χ0n) is 11.6. The fraction of sp³-hybridized carbons (Fsp3) is 0.846. The average molecular weight is 256 g/mol. The number of carbonyl (C=O) groups excluding carboxylic acids is 1. The van der Waals surface area contributed by atoms with E-state index in [1.54, 1.807) is 13.8 Å². The van der Waals surface area contributed by atoms with E-state index in [1.807, 2.05) is 13.8 Å². The van der Waals surface area contributed by atoms with Gasteiger partial charge in [-0.15, -0.1) is 0 Å². The van der Waals surface area contributed by atoms with E-state index in [4.69, 9.17) is 5.11 Å². The number of hydrogen-bond donors (Lipinski definition) is 3. The number of nitrogens with one attached hydrogen (secondary N) is 2. The van der Waals surface area contributed by atoms with Crippen molar-refractivity contribution in [3.05, 3.63) is 0 Å². The van der Waals surface area contributed by atoms with Crippen LogP contribution in [0.3, 0.4) is 0 Å². The van der Waals surface area contributed by atoms with Crippen LogP contribution in [0.15, 0.2) is 0 Å². The number of piperidine rings is 1. The van der Waals surface area contributed by atoms with E-state index in [0.29, 0.717) is 0 Å². The summed E-state index contributed by atoms with van der Waals surface area (Å²) in [4.78, 5) is 23.3. The van der Waals surface area contributed by atoms with Crippen LogP contribution < -0.4 is 10.6 Å². The van der Waals surface area contributed by atoms with E-state index in [9.17, 15) is 9.59 Å². The van der Waals surface area contributed by atoms with Crippen molar-refractivity contribution >= 4 is 11.9 Å². The largest absolute Gasteiger partial charge is 0.480 e. The van der Waals surface area contributed by atoms with Crippen LogP contribution >= 0.6 is 0 Å². The van der Waals surface area contributed by atoms with Gasteiger partial charge >= 0.3 is 5.97 Å². The quantitative estimate of drug-likeness (QED) is 0.701. The molecule has 0 aromatic heterocycles. The molecule has 2 atom stereocenters. The molecule has 3 N–H and O–H groups in total. The average Bonchev–Trinajstić information content (AvgIpc) is 2.23. The number of aliphatic carboxylic acids is 1. The van der Waals surface area contributed by atoms with Gasteiger partial charge in [0.1, 0.15) is 6.04 Å². The van der Waals surface area contributed by atoms with Gasteiger partial charge in [0, 0.05) is 0 Å². The van der Waals surface area contributed by atoms with Gasteiger partial charge in [-0.2, -0.15) is 0 Å². The van der Waals surface area contributed by atoms with Crippen LogP contribution in [-0.2, 0) is 9.59 Å². The molecule has 1 heterocycles. The third-order valence-corrected chi connectivity index (χ3v) is 3.62. The Morgan fingerprint density at radius 2 is 2.00 bits per heavy atom. The molecule has 1 aliphatic heterocycles. The standard InChI is InChI=1S/C13H24N2O3/c1-8(2)9(12(17)18)15-11(16)10-13(3,4)6-5-7-14-10/h8-10,14H,5-7H2,1-4H3,(H,15,16)(H,17,18)/t9-,10?/m1/s1. The van der Waals surface area contributed by atoms with Crippen LogP contribution in [0.1, 0.15) is 40.5 Å². The molecule has 0 aromatic carbocycles. The molecule has 0 aliphatic carbocycles. The van der Waals surface area contributed by atoms with E-state index in [-0.39, 0.29) is 23.3 Å². The number of carboxylic acids is 1. The molecule has 0 bridgehead atoms. The lowest BCUT2D eigenvalue weighted by Gasteiger charge is -2.38. The Morgan fingerprint density at radius 3 is 2.44 bits per heavy atom. The van der Waals surface area contributed by atoms with Gasteiger partial charge in [-0.25, -0.2) is 4.79 Å². The maximum absolute atomic E-state index is 12.2. The zero-order chi connectivity index (χ0) is 13.9. The molecule has 1 saturated heterocycles. The number of carbonyl (C=O) groups is 2. The molecule has 104 valence electrons. The first-order valence-corrected chi connectivity index (χ1v) is 6.52. The lowest BCUT2D eigenvalue weighted by Crippen LogP contribution is -2.58. The fourth-order valence-electron chi connectivity index (χ4n) is 2.41. The van der Waals surface area contributed by atoms with E-state index in [0.717, 1.165) is 19.4 Å². The summed E-state index contributed by atoms with van der Waals surface area (Å²) in [5.41, 5.74) is -0.137. The van der Waals surface area contributed by atoms with Gasteiger partial charge in [-0.05, 0) is 30.7 Å². The van der Waals surface area contributed by atoms with Crippen LogP contribution in [0.4, 0.5) is 0 Å². The summed E-state index contributed by atoms with van der Waals surface area (Å²) in [6, 6.07) is -1.14. The number of rotatable bonds is 4. The van der Waals surface area contributed by atoms with Crippen LogP contribution in [0.5, 0.6) is 0 Å². The lowest BCUT2D eigenvalue weighted by atomic mass is 9.77. The predicted molar refractivity (Wildman–Crippen MR) is 69.2 cm³/mol. The smallest absolute Gasteiger partial charge is 0.326 e. The molecule has 1 amide bonds. The first-order chi connectivity index (χ1) is 8.25. The van der Waals surface area contributed by atoms with E-state index < -0.39 is 12.0 Å². The second-order valence-electron chi connectivity index (χ2n) is 6.05. The highest BCUT2D eigenvalue weighted by atomic mass is 16.4. The molecule has 0 spiro atoms. The van der Waals surface area contributed by atoms with Gasteiger partial charge in [0.05, 0.1) is 6.04 Å². The third-order valence-electron chi connectivity index (χ3n) is 3.62. The molecule has 5 nitrogen and oxygen atoms in total. The Balaban J connectivity index is 2.71. The zero-order valence-corrected chi connectivity index (χ0v) is 11.6. The van der Waals surface area contributed by atoms with Crippen molar-refractivity contribution in [2.45, 2.75) is 52.6 Å². The summed E-state index contributed by atoms with van der Waals surface area (Å²) in [5, 5.41) is 14.9. The molecule has 1 aliphatic rings. The molecule has 5 heteroatoms. The molecule has 0 saturated carbocycles. The molecule has 1 unspecified atom stereocenters. The fourth-order valence-corrected chi connectivity index (χ4v) is 2.41. The summed E-state index contributed by atoms with van der Waals surface area (Å²) in [7, 11) is 0. The molecule has 1 rings (SSSR count). The SMILES string of the molecule is CC(C)[C@@H](NC(=O)C1NCCCC1(C)C)C(=O)O. The maximum Gasteiger partial charge on any atom is 0.326 e. The van der Waals surface area contributed by atoms with Crippen molar-refractivity contribution in [2.24, 2.45) is 11.3 Å². The number of amides is 1.